The third-order valence-corrected chi connectivity index (χ3v) is 4.48. The average molecular weight is 301 g/mol. The standard InChI is InChI=1S/C19H27NO2/c1-14(2)13-16-17(19(16,3)4)18(21)22-12-8-6-10-15-9-5-7-11-20-15/h5,7,9,11,13,16-17H,6,8,10,12H2,1-4H3. The van der Waals surface area contributed by atoms with Crippen molar-refractivity contribution in [2.24, 2.45) is 17.3 Å². The number of nitrogens with zero attached hydrogens (tertiary/aromatic N) is 1. The van der Waals surface area contributed by atoms with Crippen molar-refractivity contribution >= 4 is 5.97 Å². The largest absolute Gasteiger partial charge is 0.465 e. The van der Waals surface area contributed by atoms with E-state index in [1.807, 2.05) is 24.4 Å². The molecule has 0 radical (unpaired) electrons. The van der Waals surface area contributed by atoms with Crippen LogP contribution in [0.5, 0.6) is 0 Å². The van der Waals surface area contributed by atoms with Crippen LogP contribution in [-0.4, -0.2) is 17.6 Å². The van der Waals surface area contributed by atoms with Crippen molar-refractivity contribution in [1.29, 1.82) is 0 Å². The zero-order valence-corrected chi connectivity index (χ0v) is 14.1. The molecule has 1 aromatic rings. The van der Waals surface area contributed by atoms with Crippen LogP contribution in [0.4, 0.5) is 0 Å². The molecule has 1 aromatic heterocycles. The van der Waals surface area contributed by atoms with Gasteiger partial charge in [0.15, 0.2) is 0 Å². The summed E-state index contributed by atoms with van der Waals surface area (Å²) in [6, 6.07) is 5.95. The Morgan fingerprint density at radius 2 is 2.09 bits per heavy atom. The molecular formula is C19H27NO2. The fourth-order valence-corrected chi connectivity index (χ4v) is 3.01. The van der Waals surface area contributed by atoms with Gasteiger partial charge in [-0.15, -0.1) is 0 Å². The van der Waals surface area contributed by atoms with Gasteiger partial charge in [-0.3, -0.25) is 9.78 Å². The fraction of sp³-hybridized carbons (Fsp3) is 0.579. The summed E-state index contributed by atoms with van der Waals surface area (Å²) in [6.07, 6.45) is 6.84. The first-order valence-corrected chi connectivity index (χ1v) is 8.14. The van der Waals surface area contributed by atoms with Crippen molar-refractivity contribution < 1.29 is 9.53 Å². The second-order valence-electron chi connectivity index (χ2n) is 7.01. The molecule has 2 unspecified atom stereocenters. The summed E-state index contributed by atoms with van der Waals surface area (Å²) < 4.78 is 5.46. The number of allylic oxidation sites excluding steroid dienone is 2. The number of aryl methyl sites for hydroxylation is 1. The molecule has 1 aliphatic carbocycles. The normalized spacial score (nSPS) is 22.0. The Balaban J connectivity index is 1.67. The predicted octanol–water partition coefficient (Wildman–Crippen LogP) is 4.19. The van der Waals surface area contributed by atoms with Crippen molar-refractivity contribution in [1.82, 2.24) is 4.98 Å². The lowest BCUT2D eigenvalue weighted by Gasteiger charge is -2.05. The molecule has 1 aliphatic rings. The van der Waals surface area contributed by atoms with Crippen LogP contribution < -0.4 is 0 Å². The Morgan fingerprint density at radius 3 is 2.73 bits per heavy atom. The Morgan fingerprint density at radius 1 is 1.32 bits per heavy atom. The number of esters is 1. The van der Waals surface area contributed by atoms with E-state index in [-0.39, 0.29) is 17.3 Å². The van der Waals surface area contributed by atoms with Crippen LogP contribution in [0.25, 0.3) is 0 Å². The zero-order chi connectivity index (χ0) is 16.2. The molecule has 0 amide bonds. The maximum atomic E-state index is 12.2. The molecule has 0 N–H and O–H groups in total. The highest BCUT2D eigenvalue weighted by molar-refractivity contribution is 5.78. The van der Waals surface area contributed by atoms with Gasteiger partial charge in [0.05, 0.1) is 12.5 Å². The number of aromatic nitrogens is 1. The minimum absolute atomic E-state index is 0.0261. The molecule has 0 aliphatic heterocycles. The third-order valence-electron chi connectivity index (χ3n) is 4.48. The van der Waals surface area contributed by atoms with E-state index in [0.29, 0.717) is 12.5 Å². The van der Waals surface area contributed by atoms with Crippen molar-refractivity contribution in [2.75, 3.05) is 6.61 Å². The molecule has 120 valence electrons. The van der Waals surface area contributed by atoms with E-state index in [9.17, 15) is 4.79 Å². The van der Waals surface area contributed by atoms with Gasteiger partial charge in [0, 0.05) is 11.9 Å². The van der Waals surface area contributed by atoms with Gasteiger partial charge in [-0.05, 0) is 56.6 Å². The highest BCUT2D eigenvalue weighted by atomic mass is 16.5. The molecule has 1 fully saturated rings. The Hall–Kier alpha value is -1.64. The molecule has 3 nitrogen and oxygen atoms in total. The summed E-state index contributed by atoms with van der Waals surface area (Å²) in [5.74, 6) is 0.321. The van der Waals surface area contributed by atoms with Crippen molar-refractivity contribution in [2.45, 2.75) is 47.0 Å². The SMILES string of the molecule is CC(C)=CC1C(C(=O)OCCCCc2ccccn2)C1(C)C. The number of pyridine rings is 1. The van der Waals surface area contributed by atoms with Crippen LogP contribution in [-0.2, 0) is 16.0 Å². The van der Waals surface area contributed by atoms with Crippen molar-refractivity contribution in [3.05, 3.63) is 41.7 Å². The van der Waals surface area contributed by atoms with E-state index in [1.54, 1.807) is 0 Å². The van der Waals surface area contributed by atoms with Crippen LogP contribution >= 0.6 is 0 Å². The molecule has 1 heterocycles. The predicted molar refractivity (Wildman–Crippen MR) is 88.3 cm³/mol. The number of unbranched alkanes of at least 4 members (excludes halogenated alkanes) is 1. The lowest BCUT2D eigenvalue weighted by atomic mass is 10.1. The molecule has 0 spiro atoms. The summed E-state index contributed by atoms with van der Waals surface area (Å²) in [7, 11) is 0. The van der Waals surface area contributed by atoms with Gasteiger partial charge in [-0.2, -0.15) is 0 Å². The smallest absolute Gasteiger partial charge is 0.310 e. The molecule has 3 heteroatoms. The van der Waals surface area contributed by atoms with E-state index in [4.69, 9.17) is 4.74 Å². The quantitative estimate of drug-likeness (QED) is 0.431. The molecule has 0 aromatic carbocycles. The maximum Gasteiger partial charge on any atom is 0.310 e. The molecular weight excluding hydrogens is 274 g/mol. The van der Waals surface area contributed by atoms with Gasteiger partial charge < -0.3 is 4.74 Å². The van der Waals surface area contributed by atoms with E-state index in [0.717, 1.165) is 25.0 Å². The number of hydrogen-bond donors (Lipinski definition) is 0. The number of carbonyl (C=O) groups excluding carboxylic acids is 1. The Labute approximate surface area is 133 Å². The monoisotopic (exact) mass is 301 g/mol. The molecule has 1 saturated carbocycles. The Bertz CT molecular complexity index is 530. The maximum absolute atomic E-state index is 12.2. The van der Waals surface area contributed by atoms with Gasteiger partial charge in [0.2, 0.25) is 0 Å². The van der Waals surface area contributed by atoms with Gasteiger partial charge in [0.1, 0.15) is 0 Å². The van der Waals surface area contributed by atoms with Gasteiger partial charge in [-0.25, -0.2) is 0 Å². The first-order chi connectivity index (χ1) is 10.4. The molecule has 2 atom stereocenters. The lowest BCUT2D eigenvalue weighted by molar-refractivity contribution is -0.146. The minimum Gasteiger partial charge on any atom is -0.465 e. The highest BCUT2D eigenvalue weighted by Gasteiger charge is 2.61. The summed E-state index contributed by atoms with van der Waals surface area (Å²) in [4.78, 5) is 16.5. The molecule has 2 rings (SSSR count). The lowest BCUT2D eigenvalue weighted by Crippen LogP contribution is -2.11. The number of ether oxygens (including phenoxy) is 1. The van der Waals surface area contributed by atoms with E-state index in [1.165, 1.54) is 5.57 Å². The van der Waals surface area contributed by atoms with Crippen LogP contribution in [0.1, 0.15) is 46.2 Å². The second-order valence-corrected chi connectivity index (χ2v) is 7.01. The van der Waals surface area contributed by atoms with E-state index < -0.39 is 0 Å². The second kappa shape index (κ2) is 7.08. The topological polar surface area (TPSA) is 39.2 Å². The number of rotatable bonds is 7. The van der Waals surface area contributed by atoms with Crippen LogP contribution in [0.3, 0.4) is 0 Å². The average Bonchev–Trinajstić information content (AvgIpc) is 2.99. The highest BCUT2D eigenvalue weighted by Crippen LogP contribution is 2.59. The summed E-state index contributed by atoms with van der Waals surface area (Å²) in [6.45, 7) is 8.96. The van der Waals surface area contributed by atoms with Gasteiger partial charge >= 0.3 is 5.97 Å². The minimum atomic E-state index is -0.0367. The summed E-state index contributed by atoms with van der Waals surface area (Å²) in [5, 5.41) is 0. The fourth-order valence-electron chi connectivity index (χ4n) is 3.01. The van der Waals surface area contributed by atoms with Gasteiger partial charge in [-0.1, -0.05) is 31.6 Å². The van der Waals surface area contributed by atoms with Crippen LogP contribution in [0.2, 0.25) is 0 Å². The number of hydrogen-bond acceptors (Lipinski definition) is 3. The summed E-state index contributed by atoms with van der Waals surface area (Å²) >= 11 is 0. The Kier molecular flexibility index (Phi) is 5.38. The van der Waals surface area contributed by atoms with Crippen LogP contribution in [0.15, 0.2) is 36.0 Å². The molecule has 22 heavy (non-hydrogen) atoms. The third kappa shape index (κ3) is 4.19. The van der Waals surface area contributed by atoms with Crippen LogP contribution in [0, 0.1) is 17.3 Å². The van der Waals surface area contributed by atoms with Gasteiger partial charge in [0.25, 0.3) is 0 Å². The first kappa shape index (κ1) is 16.7. The van der Waals surface area contributed by atoms with E-state index >= 15 is 0 Å². The first-order valence-electron chi connectivity index (χ1n) is 8.14. The molecule has 0 bridgehead atoms. The number of carbonyl (C=O) groups is 1. The van der Waals surface area contributed by atoms with Crippen molar-refractivity contribution in [3.8, 4) is 0 Å². The zero-order valence-electron chi connectivity index (χ0n) is 14.1. The summed E-state index contributed by atoms with van der Waals surface area (Å²) in [5.41, 5.74) is 2.41. The molecule has 0 saturated heterocycles. The van der Waals surface area contributed by atoms with E-state index in [2.05, 4.69) is 38.8 Å². The van der Waals surface area contributed by atoms with Crippen molar-refractivity contribution in [3.63, 3.8) is 0 Å².